The van der Waals surface area contributed by atoms with Crippen LogP contribution in [0.15, 0.2) is 29.0 Å². The quantitative estimate of drug-likeness (QED) is 0.134. The highest BCUT2D eigenvalue weighted by molar-refractivity contribution is 9.10. The summed E-state index contributed by atoms with van der Waals surface area (Å²) in [4.78, 5) is 29.2. The maximum Gasteiger partial charge on any atom is 0.277 e. The van der Waals surface area contributed by atoms with Gasteiger partial charge in [-0.1, -0.05) is 0 Å². The average molecular weight is 583 g/mol. The van der Waals surface area contributed by atoms with Crippen molar-refractivity contribution in [3.05, 3.63) is 40.5 Å². The lowest BCUT2D eigenvalue weighted by molar-refractivity contribution is -0.681. The third-order valence-corrected chi connectivity index (χ3v) is 5.55. The van der Waals surface area contributed by atoms with Crippen LogP contribution in [-0.2, 0) is 33.9 Å². The van der Waals surface area contributed by atoms with Crippen molar-refractivity contribution in [2.45, 2.75) is 26.6 Å². The van der Waals surface area contributed by atoms with Crippen molar-refractivity contribution in [2.24, 2.45) is 0 Å². The summed E-state index contributed by atoms with van der Waals surface area (Å²) < 4.78 is 21.0. The molecule has 13 nitrogen and oxygen atoms in total. The molecule has 0 unspecified atom stereocenters. The minimum atomic E-state index is -0.500. The summed E-state index contributed by atoms with van der Waals surface area (Å²) in [7, 11) is 1.63. The molecular weight excluding hydrogens is 552 g/mol. The molecule has 0 aliphatic carbocycles. The van der Waals surface area contributed by atoms with Crippen LogP contribution in [-0.4, -0.2) is 72.2 Å². The summed E-state index contributed by atoms with van der Waals surface area (Å²) in [5.41, 5.74) is 7.89. The zero-order valence-corrected chi connectivity index (χ0v) is 22.3. The molecule has 0 fully saturated rings. The lowest BCUT2D eigenvalue weighted by Gasteiger charge is -2.08. The molecule has 1 aromatic carbocycles. The van der Waals surface area contributed by atoms with Gasteiger partial charge < -0.3 is 40.3 Å². The Morgan fingerprint density at radius 1 is 1.30 bits per heavy atom. The standard InChI is InChI=1S/C22H29BrN6O5.CH2O2/c1-3-28-17-12-15(32-2)4-5-16(17)29(6-8-33-10-11-34-9-7-30)19(28)14-26-22(31)20-21(24)25-13-18(23)27-20;2-1-3/h4-5,12-13,30H,3,6-11,14H2,1-2H3,(H2-,24,25,26,31);1H,(H,2,3). The van der Waals surface area contributed by atoms with Gasteiger partial charge in [0, 0.05) is 12.5 Å². The number of fused-ring (bicyclic) bond motifs is 1. The number of nitrogens with two attached hydrogens (primary N) is 1. The summed E-state index contributed by atoms with van der Waals surface area (Å²) in [6.07, 6.45) is 1.44. The Hall–Kier alpha value is -3.33. The largest absolute Gasteiger partial charge is 0.554 e. The van der Waals surface area contributed by atoms with Crippen LogP contribution < -0.4 is 25.5 Å². The maximum absolute atomic E-state index is 12.8. The van der Waals surface area contributed by atoms with Gasteiger partial charge in [-0.2, -0.15) is 0 Å². The number of carbonyl (C=O) groups excluding carboxylic acids is 2. The highest BCUT2D eigenvalue weighted by atomic mass is 79.9. The monoisotopic (exact) mass is 582 g/mol. The van der Waals surface area contributed by atoms with Crippen LogP contribution in [0.25, 0.3) is 11.0 Å². The second-order valence-corrected chi connectivity index (χ2v) is 8.13. The van der Waals surface area contributed by atoms with Gasteiger partial charge in [0.25, 0.3) is 11.7 Å². The molecule has 4 N–H and O–H groups in total. The number of aromatic nitrogens is 4. The number of hydrogen-bond acceptors (Lipinski definition) is 10. The number of carbonyl (C=O) groups is 2. The number of nitrogen functional groups attached to an aromatic ring is 1. The van der Waals surface area contributed by atoms with Crippen molar-refractivity contribution in [2.75, 3.05) is 45.9 Å². The first-order chi connectivity index (χ1) is 17.9. The smallest absolute Gasteiger partial charge is 0.277 e. The van der Waals surface area contributed by atoms with Gasteiger partial charge >= 0.3 is 0 Å². The van der Waals surface area contributed by atoms with Crippen LogP contribution >= 0.6 is 15.9 Å². The van der Waals surface area contributed by atoms with E-state index in [0.29, 0.717) is 44.1 Å². The van der Waals surface area contributed by atoms with Crippen molar-refractivity contribution in [1.82, 2.24) is 19.9 Å². The Morgan fingerprint density at radius 2 is 2.00 bits per heavy atom. The second-order valence-electron chi connectivity index (χ2n) is 7.32. The number of halogens is 1. The third-order valence-electron chi connectivity index (χ3n) is 5.16. The predicted octanol–water partition coefficient (Wildman–Crippen LogP) is -0.586. The van der Waals surface area contributed by atoms with Crippen molar-refractivity contribution in [3.8, 4) is 5.75 Å². The van der Waals surface area contributed by atoms with Crippen molar-refractivity contribution in [3.63, 3.8) is 0 Å². The number of amides is 1. The number of carboxylic acid groups (broad SMARTS) is 1. The Kier molecular flexibility index (Phi) is 12.7. The van der Waals surface area contributed by atoms with Gasteiger partial charge in [0.1, 0.15) is 23.4 Å². The molecule has 14 heteroatoms. The second kappa shape index (κ2) is 15.7. The van der Waals surface area contributed by atoms with Crippen LogP contribution in [0.2, 0.25) is 0 Å². The number of aliphatic hydroxyl groups is 1. The van der Waals surface area contributed by atoms with E-state index in [9.17, 15) is 4.79 Å². The van der Waals surface area contributed by atoms with E-state index in [2.05, 4.69) is 40.3 Å². The van der Waals surface area contributed by atoms with Gasteiger partial charge in [0.05, 0.1) is 52.9 Å². The summed E-state index contributed by atoms with van der Waals surface area (Å²) >= 11 is 3.22. The predicted molar refractivity (Wildman–Crippen MR) is 134 cm³/mol. The molecule has 1 amide bonds. The molecule has 0 saturated carbocycles. The fraction of sp³-hybridized carbons (Fsp3) is 0.435. The van der Waals surface area contributed by atoms with E-state index in [4.69, 9.17) is 35.0 Å². The zero-order chi connectivity index (χ0) is 27.2. The Bertz CT molecular complexity index is 1170. The molecule has 3 aromatic rings. The zero-order valence-electron chi connectivity index (χ0n) is 20.7. The number of rotatable bonds is 13. The highest BCUT2D eigenvalue weighted by Crippen LogP contribution is 2.21. The van der Waals surface area contributed by atoms with E-state index in [1.54, 1.807) is 7.11 Å². The molecule has 3 rings (SSSR count). The number of hydrogen-bond donors (Lipinski definition) is 3. The highest BCUT2D eigenvalue weighted by Gasteiger charge is 2.26. The van der Waals surface area contributed by atoms with Crippen LogP contribution in [0.3, 0.4) is 0 Å². The minimum absolute atomic E-state index is 0.0118. The first-order valence-electron chi connectivity index (χ1n) is 11.4. The number of imidazole rings is 1. The molecule has 0 spiro atoms. The first kappa shape index (κ1) is 29.9. The Morgan fingerprint density at radius 3 is 2.65 bits per heavy atom. The minimum Gasteiger partial charge on any atom is -0.554 e. The molecule has 0 radical (unpaired) electrons. The molecule has 202 valence electrons. The van der Waals surface area contributed by atoms with Crippen LogP contribution in [0.1, 0.15) is 23.2 Å². The van der Waals surface area contributed by atoms with E-state index < -0.39 is 12.4 Å². The molecular formula is C23H31BrN6O7. The van der Waals surface area contributed by atoms with E-state index in [0.717, 1.165) is 22.6 Å². The summed E-state index contributed by atoms with van der Waals surface area (Å²) in [5.74, 6) is 1.28. The molecule has 37 heavy (non-hydrogen) atoms. The number of nitrogens with zero attached hydrogens (tertiary/aromatic N) is 4. The van der Waals surface area contributed by atoms with E-state index in [1.807, 2.05) is 25.1 Å². The average Bonchev–Trinajstić information content (AvgIpc) is 3.19. The number of aliphatic hydroxyl groups excluding tert-OH is 1. The summed E-state index contributed by atoms with van der Waals surface area (Å²) in [6.45, 7) is 4.62. The van der Waals surface area contributed by atoms with Gasteiger partial charge in [0.2, 0.25) is 0 Å². The first-order valence-corrected chi connectivity index (χ1v) is 12.2. The van der Waals surface area contributed by atoms with E-state index in [-0.39, 0.29) is 24.7 Å². The van der Waals surface area contributed by atoms with Gasteiger partial charge in [0.15, 0.2) is 22.5 Å². The molecule has 0 aliphatic rings. The van der Waals surface area contributed by atoms with Crippen molar-refractivity contribution in [1.29, 1.82) is 0 Å². The van der Waals surface area contributed by atoms with Gasteiger partial charge in [-0.05, 0) is 35.0 Å². The lowest BCUT2D eigenvalue weighted by Crippen LogP contribution is -2.43. The molecule has 0 bridgehead atoms. The molecule has 0 saturated heterocycles. The fourth-order valence-electron chi connectivity index (χ4n) is 3.62. The molecule has 2 heterocycles. The van der Waals surface area contributed by atoms with Gasteiger partial charge in [-0.25, -0.2) is 19.1 Å². The Balaban J connectivity index is 0.00000153. The molecule has 0 atom stereocenters. The SMILES string of the molecule is CCn1c(CNC(=O)c2nc(Br)cnc2N)[n+](CCOCCOCCO)c2ccc(OC)cc21.O=C[O-]. The molecule has 2 aromatic heterocycles. The van der Waals surface area contributed by atoms with E-state index in [1.165, 1.54) is 6.20 Å². The lowest BCUT2D eigenvalue weighted by atomic mass is 10.3. The van der Waals surface area contributed by atoms with Crippen LogP contribution in [0, 0.1) is 0 Å². The number of anilines is 1. The number of nitrogens with one attached hydrogen (secondary N) is 1. The number of ether oxygens (including phenoxy) is 3. The summed E-state index contributed by atoms with van der Waals surface area (Å²) in [6, 6.07) is 5.87. The van der Waals surface area contributed by atoms with Crippen LogP contribution in [0.4, 0.5) is 5.82 Å². The molecule has 0 aliphatic heterocycles. The van der Waals surface area contributed by atoms with Crippen molar-refractivity contribution < 1.29 is 38.6 Å². The summed E-state index contributed by atoms with van der Waals surface area (Å²) in [5, 5.41) is 19.9. The maximum atomic E-state index is 12.8. The normalized spacial score (nSPS) is 10.6. The number of benzene rings is 1. The van der Waals surface area contributed by atoms with Crippen LogP contribution in [0.5, 0.6) is 5.75 Å². The van der Waals surface area contributed by atoms with E-state index >= 15 is 0 Å². The topological polar surface area (TPSA) is 178 Å². The fourth-order valence-corrected chi connectivity index (χ4v) is 3.90. The van der Waals surface area contributed by atoms with Crippen molar-refractivity contribution >= 4 is 45.2 Å². The third kappa shape index (κ3) is 8.35. The van der Waals surface area contributed by atoms with Gasteiger partial charge in [-0.15, -0.1) is 0 Å². The Labute approximate surface area is 222 Å². The van der Waals surface area contributed by atoms with Gasteiger partial charge in [-0.3, -0.25) is 4.79 Å². The number of aryl methyl sites for hydroxylation is 1. The number of methoxy groups -OCH3 is 1.